The number of aliphatic hydroxyl groups excluding tert-OH is 1. The summed E-state index contributed by atoms with van der Waals surface area (Å²) in [4.78, 5) is 24.6. The van der Waals surface area contributed by atoms with E-state index in [-0.39, 0.29) is 24.2 Å². The molecule has 0 aliphatic rings. The smallest absolute Gasteiger partial charge is 0.287 e. The molecule has 24 heavy (non-hydrogen) atoms. The minimum atomic E-state index is -0.681. The number of aliphatic hydroxyl groups is 1. The molecule has 0 aliphatic carbocycles. The number of hydrogen-bond acceptors (Lipinski definition) is 4. The third-order valence-corrected chi connectivity index (χ3v) is 3.60. The van der Waals surface area contributed by atoms with Gasteiger partial charge in [-0.05, 0) is 42.2 Å². The zero-order valence-corrected chi connectivity index (χ0v) is 13.8. The largest absolute Gasteiger partial charge is 0.459 e. The van der Waals surface area contributed by atoms with Gasteiger partial charge in [0, 0.05) is 12.3 Å². The van der Waals surface area contributed by atoms with Gasteiger partial charge in [-0.1, -0.05) is 26.0 Å². The fourth-order valence-corrected chi connectivity index (χ4v) is 2.26. The lowest BCUT2D eigenvalue weighted by Gasteiger charge is -2.21. The van der Waals surface area contributed by atoms with Gasteiger partial charge in [-0.15, -0.1) is 0 Å². The predicted molar refractivity (Wildman–Crippen MR) is 90.7 cm³/mol. The van der Waals surface area contributed by atoms with Crippen LogP contribution >= 0.6 is 0 Å². The second-order valence-corrected chi connectivity index (χ2v) is 5.83. The van der Waals surface area contributed by atoms with Crippen LogP contribution in [0.15, 0.2) is 47.1 Å². The van der Waals surface area contributed by atoms with Crippen molar-refractivity contribution in [3.05, 3.63) is 54.0 Å². The lowest BCUT2D eigenvalue weighted by molar-refractivity contribution is -0.118. The van der Waals surface area contributed by atoms with E-state index in [0.29, 0.717) is 12.1 Å². The van der Waals surface area contributed by atoms with Crippen molar-refractivity contribution >= 4 is 17.5 Å². The first-order valence-electron chi connectivity index (χ1n) is 7.86. The van der Waals surface area contributed by atoms with E-state index in [9.17, 15) is 9.59 Å². The standard InChI is InChI=1S/C18H22N2O4/c1-12(2)16(20-17(22)15-4-3-11-24-15)18(23)19-14-7-5-13(6-8-14)9-10-21/h3-8,11-12,16,21H,9-10H2,1-2H3,(H,19,23)(H,20,22). The highest BCUT2D eigenvalue weighted by Crippen LogP contribution is 2.13. The first kappa shape index (κ1) is 17.7. The molecule has 2 amide bonds. The van der Waals surface area contributed by atoms with Crippen molar-refractivity contribution in [1.82, 2.24) is 5.32 Å². The van der Waals surface area contributed by atoms with Crippen molar-refractivity contribution < 1.29 is 19.1 Å². The van der Waals surface area contributed by atoms with Crippen LogP contribution in [-0.4, -0.2) is 29.6 Å². The number of carbonyl (C=O) groups excluding carboxylic acids is 2. The maximum Gasteiger partial charge on any atom is 0.287 e. The van der Waals surface area contributed by atoms with Crippen molar-refractivity contribution in [2.45, 2.75) is 26.3 Å². The number of nitrogens with one attached hydrogen (secondary N) is 2. The molecule has 6 nitrogen and oxygen atoms in total. The van der Waals surface area contributed by atoms with Crippen molar-refractivity contribution in [1.29, 1.82) is 0 Å². The summed E-state index contributed by atoms with van der Waals surface area (Å²) in [7, 11) is 0. The van der Waals surface area contributed by atoms with E-state index in [1.165, 1.54) is 6.26 Å². The molecule has 1 heterocycles. The third-order valence-electron chi connectivity index (χ3n) is 3.60. The highest BCUT2D eigenvalue weighted by Gasteiger charge is 2.25. The molecule has 1 atom stereocenters. The van der Waals surface area contributed by atoms with Gasteiger partial charge in [0.15, 0.2) is 5.76 Å². The van der Waals surface area contributed by atoms with Gasteiger partial charge < -0.3 is 20.2 Å². The van der Waals surface area contributed by atoms with Gasteiger partial charge in [-0.2, -0.15) is 0 Å². The maximum absolute atomic E-state index is 12.5. The van der Waals surface area contributed by atoms with Crippen LogP contribution in [0.3, 0.4) is 0 Å². The highest BCUT2D eigenvalue weighted by molar-refractivity contribution is 6.00. The Balaban J connectivity index is 2.02. The van der Waals surface area contributed by atoms with E-state index >= 15 is 0 Å². The minimum absolute atomic E-state index is 0.0833. The summed E-state index contributed by atoms with van der Waals surface area (Å²) in [5.41, 5.74) is 1.63. The van der Waals surface area contributed by atoms with Gasteiger partial charge in [0.2, 0.25) is 5.91 Å². The minimum Gasteiger partial charge on any atom is -0.459 e. The lowest BCUT2D eigenvalue weighted by Crippen LogP contribution is -2.47. The number of furan rings is 1. The molecule has 0 saturated heterocycles. The van der Waals surface area contributed by atoms with E-state index < -0.39 is 11.9 Å². The molecule has 1 aromatic heterocycles. The number of rotatable bonds is 7. The first-order chi connectivity index (χ1) is 11.5. The Morgan fingerprint density at radius 1 is 1.17 bits per heavy atom. The van der Waals surface area contributed by atoms with Crippen molar-refractivity contribution in [2.75, 3.05) is 11.9 Å². The number of hydrogen-bond donors (Lipinski definition) is 3. The van der Waals surface area contributed by atoms with Gasteiger partial charge in [-0.25, -0.2) is 0 Å². The summed E-state index contributed by atoms with van der Waals surface area (Å²) >= 11 is 0. The van der Waals surface area contributed by atoms with Crippen molar-refractivity contribution in [3.63, 3.8) is 0 Å². The summed E-state index contributed by atoms with van der Waals surface area (Å²) in [6, 6.07) is 9.72. The van der Waals surface area contributed by atoms with Crippen LogP contribution in [0.4, 0.5) is 5.69 Å². The van der Waals surface area contributed by atoms with Gasteiger partial charge in [-0.3, -0.25) is 9.59 Å². The molecule has 0 radical (unpaired) electrons. The van der Waals surface area contributed by atoms with Crippen LogP contribution in [-0.2, 0) is 11.2 Å². The summed E-state index contributed by atoms with van der Waals surface area (Å²) < 4.78 is 5.05. The summed E-state index contributed by atoms with van der Waals surface area (Å²) in [6.07, 6.45) is 1.98. The van der Waals surface area contributed by atoms with E-state index in [4.69, 9.17) is 9.52 Å². The van der Waals surface area contributed by atoms with E-state index in [1.807, 2.05) is 26.0 Å². The molecule has 2 aromatic rings. The molecule has 3 N–H and O–H groups in total. The Kier molecular flexibility index (Phi) is 6.14. The fraction of sp³-hybridized carbons (Fsp3) is 0.333. The average molecular weight is 330 g/mol. The lowest BCUT2D eigenvalue weighted by atomic mass is 10.0. The molecular weight excluding hydrogens is 308 g/mol. The molecule has 6 heteroatoms. The predicted octanol–water partition coefficient (Wildman–Crippen LogP) is 2.21. The van der Waals surface area contributed by atoms with Gasteiger partial charge in [0.1, 0.15) is 6.04 Å². The van der Waals surface area contributed by atoms with E-state index in [0.717, 1.165) is 5.56 Å². The first-order valence-corrected chi connectivity index (χ1v) is 7.86. The van der Waals surface area contributed by atoms with Gasteiger partial charge >= 0.3 is 0 Å². The van der Waals surface area contributed by atoms with Crippen LogP contribution in [0.25, 0.3) is 0 Å². The van der Waals surface area contributed by atoms with Crippen molar-refractivity contribution in [3.8, 4) is 0 Å². The second kappa shape index (κ2) is 8.31. The summed E-state index contributed by atoms with van der Waals surface area (Å²) in [5, 5.41) is 14.4. The average Bonchev–Trinajstić information content (AvgIpc) is 3.08. The van der Waals surface area contributed by atoms with Crippen LogP contribution in [0, 0.1) is 5.92 Å². The molecule has 0 saturated carbocycles. The van der Waals surface area contributed by atoms with E-state index in [1.54, 1.807) is 24.3 Å². The Hall–Kier alpha value is -2.60. The molecule has 0 aliphatic heterocycles. The molecule has 0 spiro atoms. The van der Waals surface area contributed by atoms with Crippen LogP contribution < -0.4 is 10.6 Å². The van der Waals surface area contributed by atoms with Crippen molar-refractivity contribution in [2.24, 2.45) is 5.92 Å². The fourth-order valence-electron chi connectivity index (χ4n) is 2.26. The summed E-state index contributed by atoms with van der Waals surface area (Å²) in [6.45, 7) is 3.80. The van der Waals surface area contributed by atoms with Crippen LogP contribution in [0.5, 0.6) is 0 Å². The van der Waals surface area contributed by atoms with Gasteiger partial charge in [0.05, 0.1) is 6.26 Å². The van der Waals surface area contributed by atoms with Crippen LogP contribution in [0.2, 0.25) is 0 Å². The van der Waals surface area contributed by atoms with Crippen LogP contribution in [0.1, 0.15) is 30.0 Å². The monoisotopic (exact) mass is 330 g/mol. The normalized spacial score (nSPS) is 12.0. The molecule has 128 valence electrons. The number of anilines is 1. The zero-order chi connectivity index (χ0) is 17.5. The SMILES string of the molecule is CC(C)C(NC(=O)c1ccco1)C(=O)Nc1ccc(CCO)cc1. The second-order valence-electron chi connectivity index (χ2n) is 5.83. The molecule has 0 fully saturated rings. The molecular formula is C18H22N2O4. The Bertz CT molecular complexity index is 663. The quantitative estimate of drug-likeness (QED) is 0.726. The number of carbonyl (C=O) groups is 2. The number of benzene rings is 1. The molecule has 0 bridgehead atoms. The molecule has 2 rings (SSSR count). The number of amides is 2. The topological polar surface area (TPSA) is 91.6 Å². The third kappa shape index (κ3) is 4.70. The van der Waals surface area contributed by atoms with E-state index in [2.05, 4.69) is 10.6 Å². The highest BCUT2D eigenvalue weighted by atomic mass is 16.3. The van der Waals surface area contributed by atoms with Gasteiger partial charge in [0.25, 0.3) is 5.91 Å². The summed E-state index contributed by atoms with van der Waals surface area (Å²) in [5.74, 6) is -0.633. The molecule has 1 aromatic carbocycles. The maximum atomic E-state index is 12.5. The zero-order valence-electron chi connectivity index (χ0n) is 13.8. The molecule has 1 unspecified atom stereocenters. The Morgan fingerprint density at radius 3 is 2.42 bits per heavy atom. The Morgan fingerprint density at radius 2 is 1.88 bits per heavy atom. The Labute approximate surface area is 140 Å².